The molecule has 0 saturated carbocycles. The van der Waals surface area contributed by atoms with E-state index in [1.54, 1.807) is 21.1 Å². The predicted octanol–water partition coefficient (Wildman–Crippen LogP) is 1.61. The van der Waals surface area contributed by atoms with Crippen molar-refractivity contribution in [1.29, 1.82) is 0 Å². The minimum atomic E-state index is 0.0626. The van der Waals surface area contributed by atoms with Gasteiger partial charge in [0.15, 0.2) is 0 Å². The van der Waals surface area contributed by atoms with Crippen LogP contribution >= 0.6 is 23.1 Å². The van der Waals surface area contributed by atoms with E-state index in [0.29, 0.717) is 44.4 Å². The number of carbonyl (C=O) groups excluding carboxylic acids is 2. The lowest BCUT2D eigenvalue weighted by Crippen LogP contribution is -2.41. The lowest BCUT2D eigenvalue weighted by atomic mass is 10.3. The number of hydrogen-bond donors (Lipinski definition) is 0. The molecule has 1 aliphatic heterocycles. The Kier molecular flexibility index (Phi) is 6.72. The molecule has 0 aliphatic carbocycles. The number of thiophene rings is 1. The van der Waals surface area contributed by atoms with Gasteiger partial charge < -0.3 is 14.5 Å². The van der Waals surface area contributed by atoms with Crippen molar-refractivity contribution in [3.63, 3.8) is 0 Å². The standard InChI is InChI=1S/C15H22N2O3S2/c1-12-3-8-22-13(12)9-16(2)14(18)10-21-11-15(19)17-4-6-20-7-5-17/h3,8H,4-7,9-11H2,1-2H3. The lowest BCUT2D eigenvalue weighted by Gasteiger charge is -2.26. The summed E-state index contributed by atoms with van der Waals surface area (Å²) in [5.41, 5.74) is 1.22. The highest BCUT2D eigenvalue weighted by Gasteiger charge is 2.18. The van der Waals surface area contributed by atoms with Gasteiger partial charge >= 0.3 is 0 Å². The van der Waals surface area contributed by atoms with Crippen molar-refractivity contribution in [2.24, 2.45) is 0 Å². The number of aryl methyl sites for hydroxylation is 1. The number of thioether (sulfide) groups is 1. The van der Waals surface area contributed by atoms with E-state index in [1.807, 2.05) is 12.4 Å². The third-order valence-electron chi connectivity index (χ3n) is 3.59. The van der Waals surface area contributed by atoms with Gasteiger partial charge in [0.1, 0.15) is 0 Å². The van der Waals surface area contributed by atoms with Crippen molar-refractivity contribution in [3.8, 4) is 0 Å². The van der Waals surface area contributed by atoms with Crippen molar-refractivity contribution >= 4 is 34.9 Å². The summed E-state index contributed by atoms with van der Waals surface area (Å²) in [6, 6.07) is 2.06. The number of hydrogen-bond acceptors (Lipinski definition) is 5. The van der Waals surface area contributed by atoms with E-state index in [1.165, 1.54) is 22.2 Å². The van der Waals surface area contributed by atoms with Crippen LogP contribution < -0.4 is 0 Å². The summed E-state index contributed by atoms with van der Waals surface area (Å²) in [6.45, 7) is 5.23. The molecule has 122 valence electrons. The van der Waals surface area contributed by atoms with Crippen LogP contribution in [-0.4, -0.2) is 66.5 Å². The molecule has 5 nitrogen and oxygen atoms in total. The van der Waals surface area contributed by atoms with E-state index in [2.05, 4.69) is 13.0 Å². The van der Waals surface area contributed by atoms with Crippen LogP contribution in [0.4, 0.5) is 0 Å². The van der Waals surface area contributed by atoms with Gasteiger partial charge in [-0.2, -0.15) is 0 Å². The Balaban J connectivity index is 1.68. The molecular formula is C15H22N2O3S2. The van der Waals surface area contributed by atoms with Crippen molar-refractivity contribution in [3.05, 3.63) is 21.9 Å². The normalized spacial score (nSPS) is 14.9. The van der Waals surface area contributed by atoms with Gasteiger partial charge in [0.2, 0.25) is 11.8 Å². The first-order valence-electron chi connectivity index (χ1n) is 7.28. The minimum Gasteiger partial charge on any atom is -0.378 e. The summed E-state index contributed by atoms with van der Waals surface area (Å²) in [5, 5.41) is 2.04. The first kappa shape index (κ1) is 17.3. The molecule has 1 fully saturated rings. The van der Waals surface area contributed by atoms with E-state index < -0.39 is 0 Å². The molecule has 7 heteroatoms. The highest BCUT2D eigenvalue weighted by molar-refractivity contribution is 8.00. The monoisotopic (exact) mass is 342 g/mol. The number of carbonyl (C=O) groups is 2. The van der Waals surface area contributed by atoms with E-state index in [9.17, 15) is 9.59 Å². The van der Waals surface area contributed by atoms with Crippen LogP contribution in [0.3, 0.4) is 0 Å². The Morgan fingerprint density at radius 3 is 2.73 bits per heavy atom. The van der Waals surface area contributed by atoms with Crippen molar-refractivity contribution in [1.82, 2.24) is 9.80 Å². The second-order valence-corrected chi connectivity index (χ2v) is 7.25. The Morgan fingerprint density at radius 1 is 1.36 bits per heavy atom. The van der Waals surface area contributed by atoms with E-state index in [4.69, 9.17) is 4.74 Å². The first-order valence-corrected chi connectivity index (χ1v) is 9.31. The van der Waals surface area contributed by atoms with E-state index in [-0.39, 0.29) is 11.8 Å². The average molecular weight is 342 g/mol. The van der Waals surface area contributed by atoms with Gasteiger partial charge in [-0.15, -0.1) is 23.1 Å². The molecule has 0 radical (unpaired) electrons. The molecular weight excluding hydrogens is 320 g/mol. The van der Waals surface area contributed by atoms with Crippen LogP contribution in [0.15, 0.2) is 11.4 Å². The van der Waals surface area contributed by atoms with E-state index in [0.717, 1.165) is 0 Å². The highest BCUT2D eigenvalue weighted by atomic mass is 32.2. The zero-order valence-electron chi connectivity index (χ0n) is 13.0. The van der Waals surface area contributed by atoms with Crippen LogP contribution in [0.25, 0.3) is 0 Å². The lowest BCUT2D eigenvalue weighted by molar-refractivity contribution is -0.132. The second-order valence-electron chi connectivity index (χ2n) is 5.26. The van der Waals surface area contributed by atoms with Gasteiger partial charge in [-0.1, -0.05) is 0 Å². The molecule has 0 atom stereocenters. The smallest absolute Gasteiger partial charge is 0.232 e. The van der Waals surface area contributed by atoms with E-state index >= 15 is 0 Å². The maximum Gasteiger partial charge on any atom is 0.232 e. The average Bonchev–Trinajstić information content (AvgIpc) is 2.93. The molecule has 0 bridgehead atoms. The third-order valence-corrected chi connectivity index (χ3v) is 5.50. The molecule has 0 spiro atoms. The van der Waals surface area contributed by atoms with Crippen LogP contribution in [0.2, 0.25) is 0 Å². The Labute approximate surface area is 139 Å². The SMILES string of the molecule is Cc1ccsc1CN(C)C(=O)CSCC(=O)N1CCOCC1. The molecule has 1 saturated heterocycles. The summed E-state index contributed by atoms with van der Waals surface area (Å²) in [7, 11) is 1.81. The number of morpholine rings is 1. The summed E-state index contributed by atoms with van der Waals surface area (Å²) in [4.78, 5) is 28.8. The molecule has 1 aliphatic rings. The maximum absolute atomic E-state index is 12.1. The zero-order chi connectivity index (χ0) is 15.9. The first-order chi connectivity index (χ1) is 10.6. The molecule has 22 heavy (non-hydrogen) atoms. The van der Waals surface area contributed by atoms with Crippen molar-refractivity contribution in [2.45, 2.75) is 13.5 Å². The van der Waals surface area contributed by atoms with Crippen molar-refractivity contribution < 1.29 is 14.3 Å². The van der Waals surface area contributed by atoms with Crippen LogP contribution in [0.5, 0.6) is 0 Å². The highest BCUT2D eigenvalue weighted by Crippen LogP contribution is 2.17. The second kappa shape index (κ2) is 8.55. The van der Waals surface area contributed by atoms with Gasteiger partial charge in [0, 0.05) is 25.0 Å². The maximum atomic E-state index is 12.1. The predicted molar refractivity (Wildman–Crippen MR) is 90.3 cm³/mol. The number of nitrogens with zero attached hydrogens (tertiary/aromatic N) is 2. The molecule has 2 heterocycles. The van der Waals surface area contributed by atoms with Crippen molar-refractivity contribution in [2.75, 3.05) is 44.9 Å². The fraction of sp³-hybridized carbons (Fsp3) is 0.600. The quantitative estimate of drug-likeness (QED) is 0.788. The van der Waals surface area contributed by atoms with Crippen LogP contribution in [-0.2, 0) is 20.9 Å². The molecule has 1 aromatic heterocycles. The number of amides is 2. The molecule has 0 N–H and O–H groups in total. The Hall–Kier alpha value is -1.05. The Morgan fingerprint density at radius 2 is 2.09 bits per heavy atom. The summed E-state index contributed by atoms with van der Waals surface area (Å²) in [6.07, 6.45) is 0. The van der Waals surface area contributed by atoms with Gasteiger partial charge in [-0.25, -0.2) is 0 Å². The Bertz CT molecular complexity index is 513. The number of rotatable bonds is 6. The van der Waals surface area contributed by atoms with Crippen LogP contribution in [0.1, 0.15) is 10.4 Å². The third kappa shape index (κ3) is 5.00. The minimum absolute atomic E-state index is 0.0626. The molecule has 1 aromatic rings. The zero-order valence-corrected chi connectivity index (χ0v) is 14.7. The topological polar surface area (TPSA) is 49.9 Å². The van der Waals surface area contributed by atoms with Gasteiger partial charge in [-0.3, -0.25) is 9.59 Å². The summed E-state index contributed by atoms with van der Waals surface area (Å²) in [5.74, 6) is 0.861. The largest absolute Gasteiger partial charge is 0.378 e. The summed E-state index contributed by atoms with van der Waals surface area (Å²) < 4.78 is 5.22. The van der Waals surface area contributed by atoms with Gasteiger partial charge in [0.25, 0.3) is 0 Å². The van der Waals surface area contributed by atoms with Gasteiger partial charge in [0.05, 0.1) is 31.3 Å². The number of ether oxygens (including phenoxy) is 1. The van der Waals surface area contributed by atoms with Gasteiger partial charge in [-0.05, 0) is 23.9 Å². The fourth-order valence-corrected chi connectivity index (χ4v) is 3.92. The molecule has 0 unspecified atom stereocenters. The summed E-state index contributed by atoms with van der Waals surface area (Å²) >= 11 is 3.06. The molecule has 2 amide bonds. The molecule has 0 aromatic carbocycles. The fourth-order valence-electron chi connectivity index (χ4n) is 2.11. The van der Waals surface area contributed by atoms with Crippen LogP contribution in [0, 0.1) is 6.92 Å². The molecule has 2 rings (SSSR count).